The van der Waals surface area contributed by atoms with Crippen molar-refractivity contribution in [3.63, 3.8) is 0 Å². The standard InChI is InChI=1S/C20H25NO2/c1-13-6-8-18(10-15(13)3)17(5)21-20(22)12-23-19-9-7-14(2)16(4)11-19/h6-11,17H,12H2,1-5H3,(H,21,22). The van der Waals surface area contributed by atoms with Crippen LogP contribution < -0.4 is 10.1 Å². The van der Waals surface area contributed by atoms with Gasteiger partial charge in [0.25, 0.3) is 5.91 Å². The molecule has 2 aromatic rings. The van der Waals surface area contributed by atoms with E-state index in [-0.39, 0.29) is 18.6 Å². The SMILES string of the molecule is Cc1ccc(OCC(=O)NC(C)c2ccc(C)c(C)c2)cc1C. The molecular formula is C20H25NO2. The summed E-state index contributed by atoms with van der Waals surface area (Å²) in [5, 5.41) is 2.98. The third-order valence-corrected chi connectivity index (χ3v) is 4.26. The van der Waals surface area contributed by atoms with Gasteiger partial charge in [0.15, 0.2) is 6.61 Å². The molecule has 0 spiro atoms. The summed E-state index contributed by atoms with van der Waals surface area (Å²) in [6, 6.07) is 12.1. The lowest BCUT2D eigenvalue weighted by Crippen LogP contribution is -2.31. The van der Waals surface area contributed by atoms with Crippen LogP contribution in [0.25, 0.3) is 0 Å². The molecule has 0 aliphatic rings. The molecule has 0 aliphatic heterocycles. The smallest absolute Gasteiger partial charge is 0.258 e. The van der Waals surface area contributed by atoms with E-state index in [0.29, 0.717) is 0 Å². The van der Waals surface area contributed by atoms with E-state index in [4.69, 9.17) is 4.74 Å². The highest BCUT2D eigenvalue weighted by molar-refractivity contribution is 5.78. The maximum atomic E-state index is 12.1. The molecule has 0 heterocycles. The minimum Gasteiger partial charge on any atom is -0.484 e. The monoisotopic (exact) mass is 311 g/mol. The molecule has 0 bridgehead atoms. The fourth-order valence-electron chi connectivity index (χ4n) is 2.35. The number of rotatable bonds is 5. The van der Waals surface area contributed by atoms with Gasteiger partial charge in [-0.25, -0.2) is 0 Å². The van der Waals surface area contributed by atoms with Gasteiger partial charge in [-0.05, 0) is 74.6 Å². The second kappa shape index (κ2) is 7.32. The Bertz CT molecular complexity index is 707. The summed E-state index contributed by atoms with van der Waals surface area (Å²) < 4.78 is 5.57. The zero-order valence-corrected chi connectivity index (χ0v) is 14.6. The fourth-order valence-corrected chi connectivity index (χ4v) is 2.35. The zero-order valence-electron chi connectivity index (χ0n) is 14.6. The van der Waals surface area contributed by atoms with Crippen LogP contribution in [0.3, 0.4) is 0 Å². The molecule has 2 rings (SSSR count). The van der Waals surface area contributed by atoms with Gasteiger partial charge in [0.1, 0.15) is 5.75 Å². The lowest BCUT2D eigenvalue weighted by atomic mass is 10.0. The quantitative estimate of drug-likeness (QED) is 0.899. The van der Waals surface area contributed by atoms with Crippen molar-refractivity contribution in [2.24, 2.45) is 0 Å². The molecule has 1 amide bonds. The van der Waals surface area contributed by atoms with Crippen molar-refractivity contribution in [1.29, 1.82) is 0 Å². The van der Waals surface area contributed by atoms with E-state index in [9.17, 15) is 4.79 Å². The maximum Gasteiger partial charge on any atom is 0.258 e. The third-order valence-electron chi connectivity index (χ3n) is 4.26. The molecular weight excluding hydrogens is 286 g/mol. The Kier molecular flexibility index (Phi) is 5.43. The van der Waals surface area contributed by atoms with Crippen molar-refractivity contribution in [1.82, 2.24) is 5.32 Å². The summed E-state index contributed by atoms with van der Waals surface area (Å²) >= 11 is 0. The first kappa shape index (κ1) is 17.1. The lowest BCUT2D eigenvalue weighted by molar-refractivity contribution is -0.123. The molecule has 0 saturated carbocycles. The normalized spacial score (nSPS) is 11.9. The van der Waals surface area contributed by atoms with Crippen LogP contribution in [-0.4, -0.2) is 12.5 Å². The van der Waals surface area contributed by atoms with Gasteiger partial charge in [0.2, 0.25) is 0 Å². The summed E-state index contributed by atoms with van der Waals surface area (Å²) in [5.41, 5.74) is 5.96. The minimum atomic E-state index is -0.117. The highest BCUT2D eigenvalue weighted by atomic mass is 16.5. The van der Waals surface area contributed by atoms with Gasteiger partial charge in [-0.1, -0.05) is 24.3 Å². The molecule has 0 aromatic heterocycles. The first-order valence-electron chi connectivity index (χ1n) is 7.93. The molecule has 2 aromatic carbocycles. The van der Waals surface area contributed by atoms with Crippen LogP contribution in [0.5, 0.6) is 5.75 Å². The van der Waals surface area contributed by atoms with Gasteiger partial charge < -0.3 is 10.1 Å². The molecule has 122 valence electrons. The van der Waals surface area contributed by atoms with Crippen molar-refractivity contribution in [2.45, 2.75) is 40.7 Å². The van der Waals surface area contributed by atoms with Crippen molar-refractivity contribution in [3.05, 3.63) is 64.2 Å². The molecule has 1 atom stereocenters. The minimum absolute atomic E-state index is 0.0255. The molecule has 1 unspecified atom stereocenters. The molecule has 3 heteroatoms. The summed E-state index contributed by atoms with van der Waals surface area (Å²) in [6.45, 7) is 10.3. The van der Waals surface area contributed by atoms with Gasteiger partial charge >= 0.3 is 0 Å². The largest absolute Gasteiger partial charge is 0.484 e. The Labute approximate surface area is 138 Å². The van der Waals surface area contributed by atoms with Crippen molar-refractivity contribution in [3.8, 4) is 5.75 Å². The average molecular weight is 311 g/mol. The molecule has 23 heavy (non-hydrogen) atoms. The van der Waals surface area contributed by atoms with Gasteiger partial charge in [0, 0.05) is 0 Å². The fraction of sp³-hybridized carbons (Fsp3) is 0.350. The molecule has 0 aliphatic carbocycles. The number of aryl methyl sites for hydroxylation is 4. The Morgan fingerprint density at radius 3 is 2.17 bits per heavy atom. The summed E-state index contributed by atoms with van der Waals surface area (Å²) in [4.78, 5) is 12.1. The van der Waals surface area contributed by atoms with E-state index in [2.05, 4.69) is 44.3 Å². The second-order valence-electron chi connectivity index (χ2n) is 6.17. The number of benzene rings is 2. The van der Waals surface area contributed by atoms with Gasteiger partial charge in [-0.15, -0.1) is 0 Å². The van der Waals surface area contributed by atoms with E-state index in [1.165, 1.54) is 16.7 Å². The molecule has 0 fully saturated rings. The summed E-state index contributed by atoms with van der Waals surface area (Å²) in [6.07, 6.45) is 0. The zero-order chi connectivity index (χ0) is 17.0. The van der Waals surface area contributed by atoms with Crippen LogP contribution in [0.4, 0.5) is 0 Å². The van der Waals surface area contributed by atoms with Crippen LogP contribution in [0, 0.1) is 27.7 Å². The van der Waals surface area contributed by atoms with Crippen LogP contribution in [0.2, 0.25) is 0 Å². The topological polar surface area (TPSA) is 38.3 Å². The van der Waals surface area contributed by atoms with E-state index < -0.39 is 0 Å². The van der Waals surface area contributed by atoms with E-state index in [0.717, 1.165) is 16.9 Å². The Balaban J connectivity index is 1.90. The average Bonchev–Trinajstić information content (AvgIpc) is 2.51. The number of carbonyl (C=O) groups is 1. The predicted octanol–water partition coefficient (Wildman–Crippen LogP) is 4.18. The number of carbonyl (C=O) groups excluding carboxylic acids is 1. The summed E-state index contributed by atoms with van der Waals surface area (Å²) in [5.74, 6) is 0.607. The summed E-state index contributed by atoms with van der Waals surface area (Å²) in [7, 11) is 0. The van der Waals surface area contributed by atoms with Crippen LogP contribution >= 0.6 is 0 Å². The second-order valence-corrected chi connectivity index (χ2v) is 6.17. The highest BCUT2D eigenvalue weighted by Crippen LogP contribution is 2.18. The Morgan fingerprint density at radius 1 is 0.957 bits per heavy atom. The van der Waals surface area contributed by atoms with Crippen molar-refractivity contribution < 1.29 is 9.53 Å². The van der Waals surface area contributed by atoms with Gasteiger partial charge in [-0.3, -0.25) is 4.79 Å². The van der Waals surface area contributed by atoms with E-state index >= 15 is 0 Å². The molecule has 0 saturated heterocycles. The van der Waals surface area contributed by atoms with Crippen molar-refractivity contribution in [2.75, 3.05) is 6.61 Å². The molecule has 0 radical (unpaired) electrons. The van der Waals surface area contributed by atoms with Gasteiger partial charge in [0.05, 0.1) is 6.04 Å². The first-order chi connectivity index (χ1) is 10.9. The molecule has 3 nitrogen and oxygen atoms in total. The molecule has 1 N–H and O–H groups in total. The van der Waals surface area contributed by atoms with Gasteiger partial charge in [-0.2, -0.15) is 0 Å². The lowest BCUT2D eigenvalue weighted by Gasteiger charge is -2.16. The van der Waals surface area contributed by atoms with Crippen LogP contribution in [-0.2, 0) is 4.79 Å². The number of hydrogen-bond acceptors (Lipinski definition) is 2. The first-order valence-corrected chi connectivity index (χ1v) is 7.93. The number of hydrogen-bond donors (Lipinski definition) is 1. The third kappa shape index (κ3) is 4.59. The van der Waals surface area contributed by atoms with E-state index in [1.807, 2.05) is 32.0 Å². The van der Waals surface area contributed by atoms with E-state index in [1.54, 1.807) is 0 Å². The van der Waals surface area contributed by atoms with Crippen LogP contribution in [0.15, 0.2) is 36.4 Å². The van der Waals surface area contributed by atoms with Crippen LogP contribution in [0.1, 0.15) is 40.8 Å². The number of amides is 1. The number of nitrogens with one attached hydrogen (secondary N) is 1. The highest BCUT2D eigenvalue weighted by Gasteiger charge is 2.11. The Morgan fingerprint density at radius 2 is 1.57 bits per heavy atom. The Hall–Kier alpha value is -2.29. The van der Waals surface area contributed by atoms with Crippen molar-refractivity contribution >= 4 is 5.91 Å². The number of ether oxygens (including phenoxy) is 1. The predicted molar refractivity (Wildman–Crippen MR) is 93.9 cm³/mol. The maximum absolute atomic E-state index is 12.1.